The highest BCUT2D eigenvalue weighted by atomic mass is 19.1. The zero-order valence-corrected chi connectivity index (χ0v) is 7.44. The lowest BCUT2D eigenvalue weighted by Gasteiger charge is -2.25. The van der Waals surface area contributed by atoms with E-state index in [1.807, 2.05) is 20.8 Å². The number of hydrogen-bond donors (Lipinski definition) is 0. The van der Waals surface area contributed by atoms with Crippen LogP contribution in [0.15, 0.2) is 0 Å². The van der Waals surface area contributed by atoms with Gasteiger partial charge in [-0.05, 0) is 34.6 Å². The summed E-state index contributed by atoms with van der Waals surface area (Å²) < 4.78 is 17.8. The molecule has 0 aliphatic carbocycles. The van der Waals surface area contributed by atoms with Gasteiger partial charge in [-0.25, -0.2) is 4.39 Å². The third-order valence-corrected chi connectivity index (χ3v) is 1.19. The molecule has 0 heterocycles. The summed E-state index contributed by atoms with van der Waals surface area (Å²) in [6, 6.07) is 0. The van der Waals surface area contributed by atoms with E-state index in [4.69, 9.17) is 4.74 Å². The van der Waals surface area contributed by atoms with E-state index in [0.717, 1.165) is 0 Å². The second-order valence-corrected chi connectivity index (χ2v) is 3.61. The first-order valence-corrected chi connectivity index (χ1v) is 3.65. The molecule has 0 aromatic carbocycles. The van der Waals surface area contributed by atoms with E-state index in [9.17, 15) is 4.39 Å². The van der Waals surface area contributed by atoms with Crippen molar-refractivity contribution in [2.45, 2.75) is 52.5 Å². The van der Waals surface area contributed by atoms with Crippen LogP contribution in [0.4, 0.5) is 4.39 Å². The Kier molecular flexibility index (Phi) is 3.29. The first kappa shape index (κ1) is 9.89. The van der Waals surface area contributed by atoms with E-state index in [-0.39, 0.29) is 11.7 Å². The second-order valence-electron chi connectivity index (χ2n) is 3.61. The highest BCUT2D eigenvalue weighted by Crippen LogP contribution is 2.13. The molecular weight excluding hydrogens is 131 g/mol. The Balaban J connectivity index is 3.68. The molecule has 0 bridgehead atoms. The highest BCUT2D eigenvalue weighted by Gasteiger charge is 2.19. The Morgan fingerprint density at radius 2 is 1.60 bits per heavy atom. The zero-order valence-electron chi connectivity index (χ0n) is 7.44. The quantitative estimate of drug-likeness (QED) is 0.584. The second kappa shape index (κ2) is 3.33. The fourth-order valence-corrected chi connectivity index (χ4v) is 0.651. The van der Waals surface area contributed by atoms with Gasteiger partial charge in [0.15, 0.2) is 0 Å². The standard InChI is InChI=1S/C8H17FO/c1-6(9)7(2)10-8(3,4)5/h6-7H,1-5H3. The lowest BCUT2D eigenvalue weighted by molar-refractivity contribution is -0.0785. The molecule has 0 aliphatic heterocycles. The van der Waals surface area contributed by atoms with Crippen LogP contribution in [0.1, 0.15) is 34.6 Å². The molecule has 2 atom stereocenters. The van der Waals surface area contributed by atoms with Gasteiger partial charge in [-0.1, -0.05) is 0 Å². The smallest absolute Gasteiger partial charge is 0.123 e. The van der Waals surface area contributed by atoms with Crippen LogP contribution < -0.4 is 0 Å². The molecule has 1 nitrogen and oxygen atoms in total. The molecule has 0 rings (SSSR count). The van der Waals surface area contributed by atoms with Gasteiger partial charge in [-0.15, -0.1) is 0 Å². The summed E-state index contributed by atoms with van der Waals surface area (Å²) in [7, 11) is 0. The minimum atomic E-state index is -0.890. The predicted octanol–water partition coefficient (Wildman–Crippen LogP) is 2.55. The number of alkyl halides is 1. The number of rotatable bonds is 2. The summed E-state index contributed by atoms with van der Waals surface area (Å²) in [6.07, 6.45) is -1.20. The van der Waals surface area contributed by atoms with Gasteiger partial charge >= 0.3 is 0 Å². The molecule has 0 saturated carbocycles. The molecule has 0 saturated heterocycles. The van der Waals surface area contributed by atoms with Crippen LogP contribution in [-0.4, -0.2) is 17.9 Å². The average Bonchev–Trinajstić information content (AvgIpc) is 1.60. The van der Waals surface area contributed by atoms with E-state index in [1.165, 1.54) is 6.92 Å². The SMILES string of the molecule is CC(F)C(C)OC(C)(C)C. The van der Waals surface area contributed by atoms with Crippen molar-refractivity contribution in [2.75, 3.05) is 0 Å². The van der Waals surface area contributed by atoms with Crippen molar-refractivity contribution >= 4 is 0 Å². The van der Waals surface area contributed by atoms with Crippen LogP contribution in [-0.2, 0) is 4.74 Å². The maximum Gasteiger partial charge on any atom is 0.123 e. The van der Waals surface area contributed by atoms with Crippen molar-refractivity contribution in [3.63, 3.8) is 0 Å². The van der Waals surface area contributed by atoms with Crippen LogP contribution in [0.5, 0.6) is 0 Å². The summed E-state index contributed by atoms with van der Waals surface area (Å²) in [5.74, 6) is 0. The monoisotopic (exact) mass is 148 g/mol. The predicted molar refractivity (Wildman–Crippen MR) is 40.9 cm³/mol. The van der Waals surface area contributed by atoms with Crippen molar-refractivity contribution in [1.82, 2.24) is 0 Å². The first-order valence-electron chi connectivity index (χ1n) is 3.65. The Hall–Kier alpha value is -0.110. The highest BCUT2D eigenvalue weighted by molar-refractivity contribution is 4.66. The van der Waals surface area contributed by atoms with Gasteiger partial charge in [0.1, 0.15) is 6.17 Å². The summed E-state index contributed by atoms with van der Waals surface area (Å²) >= 11 is 0. The minimum Gasteiger partial charge on any atom is -0.370 e. The Bertz CT molecular complexity index is 93.9. The van der Waals surface area contributed by atoms with Crippen LogP contribution in [0.3, 0.4) is 0 Å². The molecule has 2 heteroatoms. The Morgan fingerprint density at radius 1 is 1.20 bits per heavy atom. The summed E-state index contributed by atoms with van der Waals surface area (Å²) in [5, 5.41) is 0. The van der Waals surface area contributed by atoms with Gasteiger partial charge in [0.25, 0.3) is 0 Å². The average molecular weight is 148 g/mol. The molecule has 0 spiro atoms. The van der Waals surface area contributed by atoms with E-state index in [1.54, 1.807) is 6.92 Å². The molecule has 62 valence electrons. The fourth-order valence-electron chi connectivity index (χ4n) is 0.651. The molecule has 0 fully saturated rings. The van der Waals surface area contributed by atoms with Crippen LogP contribution in [0, 0.1) is 0 Å². The molecule has 0 radical (unpaired) electrons. The normalized spacial score (nSPS) is 18.6. The molecular formula is C8H17FO. The Labute approximate surface area is 62.6 Å². The van der Waals surface area contributed by atoms with E-state index in [0.29, 0.717) is 0 Å². The van der Waals surface area contributed by atoms with E-state index < -0.39 is 6.17 Å². The molecule has 0 aliphatic rings. The minimum absolute atomic E-state index is 0.236. The van der Waals surface area contributed by atoms with Crippen molar-refractivity contribution in [3.8, 4) is 0 Å². The van der Waals surface area contributed by atoms with Crippen molar-refractivity contribution < 1.29 is 9.13 Å². The maximum atomic E-state index is 12.5. The van der Waals surface area contributed by atoms with Gasteiger partial charge in [0.2, 0.25) is 0 Å². The van der Waals surface area contributed by atoms with Crippen LogP contribution in [0.2, 0.25) is 0 Å². The summed E-state index contributed by atoms with van der Waals surface area (Å²) in [4.78, 5) is 0. The van der Waals surface area contributed by atoms with Crippen molar-refractivity contribution in [1.29, 1.82) is 0 Å². The summed E-state index contributed by atoms with van der Waals surface area (Å²) in [6.45, 7) is 9.02. The zero-order chi connectivity index (χ0) is 8.36. The van der Waals surface area contributed by atoms with Crippen molar-refractivity contribution in [2.24, 2.45) is 0 Å². The lowest BCUT2D eigenvalue weighted by Crippen LogP contribution is -2.30. The molecule has 0 aromatic heterocycles. The Morgan fingerprint density at radius 3 is 1.70 bits per heavy atom. The van der Waals surface area contributed by atoms with Crippen molar-refractivity contribution in [3.05, 3.63) is 0 Å². The molecule has 10 heavy (non-hydrogen) atoms. The van der Waals surface area contributed by atoms with Crippen LogP contribution >= 0.6 is 0 Å². The number of hydrogen-bond acceptors (Lipinski definition) is 1. The summed E-state index contributed by atoms with van der Waals surface area (Å²) in [5.41, 5.74) is -0.236. The van der Waals surface area contributed by atoms with Gasteiger partial charge in [0, 0.05) is 0 Å². The lowest BCUT2D eigenvalue weighted by atomic mass is 10.1. The molecule has 0 amide bonds. The molecule has 0 aromatic rings. The maximum absolute atomic E-state index is 12.5. The fraction of sp³-hybridized carbons (Fsp3) is 1.00. The van der Waals surface area contributed by atoms with Gasteiger partial charge in [-0.3, -0.25) is 0 Å². The number of ether oxygens (including phenoxy) is 1. The van der Waals surface area contributed by atoms with Gasteiger partial charge < -0.3 is 4.74 Å². The third-order valence-electron chi connectivity index (χ3n) is 1.19. The first-order chi connectivity index (χ1) is 4.33. The third kappa shape index (κ3) is 4.74. The van der Waals surface area contributed by atoms with Crippen LogP contribution in [0.25, 0.3) is 0 Å². The topological polar surface area (TPSA) is 9.23 Å². The largest absolute Gasteiger partial charge is 0.370 e. The van der Waals surface area contributed by atoms with E-state index in [2.05, 4.69) is 0 Å². The van der Waals surface area contributed by atoms with E-state index >= 15 is 0 Å². The number of halogens is 1. The molecule has 2 unspecified atom stereocenters. The van der Waals surface area contributed by atoms with Gasteiger partial charge in [-0.2, -0.15) is 0 Å². The van der Waals surface area contributed by atoms with Gasteiger partial charge in [0.05, 0.1) is 11.7 Å². The molecule has 0 N–H and O–H groups in total.